The topological polar surface area (TPSA) is 48.0 Å². The minimum Gasteiger partial charge on any atom is -0.361 e. The molecule has 0 fully saturated rings. The highest BCUT2D eigenvalue weighted by atomic mass is 15.3. The fourth-order valence-corrected chi connectivity index (χ4v) is 3.40. The van der Waals surface area contributed by atoms with E-state index in [2.05, 4.69) is 62.3 Å². The molecule has 0 saturated carbocycles. The maximum atomic E-state index is 4.47. The minimum absolute atomic E-state index is 0.890. The van der Waals surface area contributed by atoms with E-state index in [-0.39, 0.29) is 0 Å². The Bertz CT molecular complexity index is 810. The van der Waals surface area contributed by atoms with Gasteiger partial charge in [0, 0.05) is 49.6 Å². The normalized spacial score (nSPS) is 15.1. The van der Waals surface area contributed by atoms with Crippen molar-refractivity contribution >= 4 is 16.7 Å². The van der Waals surface area contributed by atoms with Gasteiger partial charge in [0.1, 0.15) is 0 Å². The maximum absolute atomic E-state index is 4.47. The Labute approximate surface area is 136 Å². The Morgan fingerprint density at radius 1 is 1.17 bits per heavy atom. The summed E-state index contributed by atoms with van der Waals surface area (Å²) in [5, 5.41) is 1.35. The largest absolute Gasteiger partial charge is 0.361 e. The van der Waals surface area contributed by atoms with Gasteiger partial charge < -0.3 is 9.88 Å². The van der Waals surface area contributed by atoms with E-state index >= 15 is 0 Å². The second-order valence-corrected chi connectivity index (χ2v) is 6.18. The second kappa shape index (κ2) is 6.01. The lowest BCUT2D eigenvalue weighted by Crippen LogP contribution is -2.41. The Morgan fingerprint density at radius 3 is 3.00 bits per heavy atom. The van der Waals surface area contributed by atoms with Crippen LogP contribution in [0.25, 0.3) is 10.9 Å². The van der Waals surface area contributed by atoms with E-state index in [1.54, 1.807) is 12.4 Å². The average molecular weight is 307 g/mol. The quantitative estimate of drug-likeness (QED) is 0.805. The van der Waals surface area contributed by atoms with E-state index in [1.807, 2.05) is 0 Å². The number of nitrogens with one attached hydrogen (secondary N) is 1. The third-order valence-electron chi connectivity index (χ3n) is 4.49. The van der Waals surface area contributed by atoms with Gasteiger partial charge >= 0.3 is 0 Å². The molecule has 0 amide bonds. The molecular weight excluding hydrogens is 286 g/mol. The van der Waals surface area contributed by atoms with Gasteiger partial charge in [0.15, 0.2) is 5.82 Å². The minimum atomic E-state index is 0.890. The molecule has 0 bridgehead atoms. The Balaban J connectivity index is 1.39. The molecule has 5 nitrogen and oxygen atoms in total. The molecule has 1 aliphatic rings. The van der Waals surface area contributed by atoms with Crippen molar-refractivity contribution in [3.8, 4) is 0 Å². The highest BCUT2D eigenvalue weighted by Crippen LogP contribution is 2.22. The van der Waals surface area contributed by atoms with Crippen molar-refractivity contribution in [3.05, 3.63) is 54.1 Å². The van der Waals surface area contributed by atoms with E-state index in [0.29, 0.717) is 0 Å². The number of fused-ring (bicyclic) bond motifs is 2. The average Bonchev–Trinajstić information content (AvgIpc) is 2.98. The molecule has 2 aromatic heterocycles. The predicted molar refractivity (Wildman–Crippen MR) is 92.3 cm³/mol. The van der Waals surface area contributed by atoms with Gasteiger partial charge in [-0.3, -0.25) is 9.88 Å². The van der Waals surface area contributed by atoms with Gasteiger partial charge in [-0.25, -0.2) is 4.98 Å². The summed E-state index contributed by atoms with van der Waals surface area (Å²) >= 11 is 0. The fourth-order valence-electron chi connectivity index (χ4n) is 3.40. The van der Waals surface area contributed by atoms with Crippen LogP contribution in [0, 0.1) is 0 Å². The van der Waals surface area contributed by atoms with Gasteiger partial charge in [-0.05, 0) is 24.5 Å². The standard InChI is InChI=1S/C18H21N5/c1-22-13-23(12-17-18(22)20-9-8-19-17)10-4-5-14-11-21-16-7-3-2-6-15(14)16/h2-3,6-9,11,21H,4-5,10,12-13H2,1H3. The summed E-state index contributed by atoms with van der Waals surface area (Å²) < 4.78 is 0. The Kier molecular flexibility index (Phi) is 3.71. The lowest BCUT2D eigenvalue weighted by atomic mass is 10.1. The summed E-state index contributed by atoms with van der Waals surface area (Å²) in [4.78, 5) is 16.9. The van der Waals surface area contributed by atoms with Crippen molar-refractivity contribution < 1.29 is 0 Å². The molecule has 3 aromatic rings. The zero-order valence-corrected chi connectivity index (χ0v) is 13.4. The van der Waals surface area contributed by atoms with E-state index < -0.39 is 0 Å². The zero-order valence-electron chi connectivity index (χ0n) is 13.4. The summed E-state index contributed by atoms with van der Waals surface area (Å²) in [5.41, 5.74) is 3.71. The highest BCUT2D eigenvalue weighted by Gasteiger charge is 2.21. The van der Waals surface area contributed by atoms with Crippen molar-refractivity contribution in [3.63, 3.8) is 0 Å². The third-order valence-corrected chi connectivity index (χ3v) is 4.49. The summed E-state index contributed by atoms with van der Waals surface area (Å²) in [5.74, 6) is 1.01. The summed E-state index contributed by atoms with van der Waals surface area (Å²) in [6.45, 7) is 2.88. The lowest BCUT2D eigenvalue weighted by Gasteiger charge is -2.34. The number of hydrogen-bond acceptors (Lipinski definition) is 4. The van der Waals surface area contributed by atoms with Crippen molar-refractivity contribution in [1.82, 2.24) is 19.9 Å². The summed E-state index contributed by atoms with van der Waals surface area (Å²) in [6, 6.07) is 8.51. The molecule has 0 aliphatic carbocycles. The number of aromatic nitrogens is 3. The van der Waals surface area contributed by atoms with Crippen LogP contribution in [0.5, 0.6) is 0 Å². The molecule has 0 spiro atoms. The Morgan fingerprint density at radius 2 is 2.04 bits per heavy atom. The van der Waals surface area contributed by atoms with Crippen LogP contribution in [0.1, 0.15) is 17.7 Å². The molecule has 118 valence electrons. The van der Waals surface area contributed by atoms with Crippen molar-refractivity contribution in [1.29, 1.82) is 0 Å². The zero-order chi connectivity index (χ0) is 15.6. The maximum Gasteiger partial charge on any atom is 0.152 e. The number of hydrogen-bond donors (Lipinski definition) is 1. The van der Waals surface area contributed by atoms with Gasteiger partial charge in [0.05, 0.1) is 12.4 Å². The molecule has 1 aliphatic heterocycles. The summed E-state index contributed by atoms with van der Waals surface area (Å²) in [7, 11) is 2.08. The molecule has 0 saturated heterocycles. The van der Waals surface area contributed by atoms with Crippen LogP contribution >= 0.6 is 0 Å². The van der Waals surface area contributed by atoms with E-state index in [0.717, 1.165) is 44.1 Å². The number of rotatable bonds is 4. The number of aryl methyl sites for hydroxylation is 1. The monoisotopic (exact) mass is 307 g/mol. The smallest absolute Gasteiger partial charge is 0.152 e. The SMILES string of the molecule is CN1CN(CCCc2c[nH]c3ccccc23)Cc2nccnc21. The first-order chi connectivity index (χ1) is 11.3. The first kappa shape index (κ1) is 14.2. The molecular formula is C18H21N5. The van der Waals surface area contributed by atoms with Crippen LogP contribution in [0.4, 0.5) is 5.82 Å². The van der Waals surface area contributed by atoms with E-state index in [4.69, 9.17) is 0 Å². The summed E-state index contributed by atoms with van der Waals surface area (Å²) in [6.07, 6.45) is 7.93. The van der Waals surface area contributed by atoms with Crippen LogP contribution in [0.2, 0.25) is 0 Å². The number of benzene rings is 1. The number of para-hydroxylation sites is 1. The van der Waals surface area contributed by atoms with Crippen molar-refractivity contribution in [2.45, 2.75) is 19.4 Å². The van der Waals surface area contributed by atoms with Crippen LogP contribution in [0.3, 0.4) is 0 Å². The van der Waals surface area contributed by atoms with Gasteiger partial charge in [-0.2, -0.15) is 0 Å². The van der Waals surface area contributed by atoms with Crippen molar-refractivity contribution in [2.24, 2.45) is 0 Å². The van der Waals surface area contributed by atoms with Crippen LogP contribution in [0.15, 0.2) is 42.9 Å². The third kappa shape index (κ3) is 2.80. The molecule has 4 rings (SSSR count). The molecule has 5 heteroatoms. The number of H-pyrrole nitrogens is 1. The van der Waals surface area contributed by atoms with Crippen LogP contribution < -0.4 is 4.90 Å². The first-order valence-corrected chi connectivity index (χ1v) is 8.09. The van der Waals surface area contributed by atoms with Crippen LogP contribution in [-0.2, 0) is 13.0 Å². The van der Waals surface area contributed by atoms with Crippen LogP contribution in [-0.4, -0.2) is 40.1 Å². The number of nitrogens with zero attached hydrogens (tertiary/aromatic N) is 4. The number of aromatic amines is 1. The van der Waals surface area contributed by atoms with Gasteiger partial charge in [-0.15, -0.1) is 0 Å². The molecule has 0 atom stereocenters. The molecule has 1 N–H and O–H groups in total. The number of anilines is 1. The van der Waals surface area contributed by atoms with E-state index in [9.17, 15) is 0 Å². The van der Waals surface area contributed by atoms with E-state index in [1.165, 1.54) is 16.5 Å². The van der Waals surface area contributed by atoms with Gasteiger partial charge in [0.2, 0.25) is 0 Å². The van der Waals surface area contributed by atoms with Gasteiger partial charge in [-0.1, -0.05) is 18.2 Å². The lowest BCUT2D eigenvalue weighted by molar-refractivity contribution is 0.249. The molecule has 0 radical (unpaired) electrons. The molecule has 0 unspecified atom stereocenters. The molecule has 23 heavy (non-hydrogen) atoms. The predicted octanol–water partition coefficient (Wildman–Crippen LogP) is 2.80. The second-order valence-electron chi connectivity index (χ2n) is 6.18. The Hall–Kier alpha value is -2.40. The molecule has 1 aromatic carbocycles. The van der Waals surface area contributed by atoms with Gasteiger partial charge in [0.25, 0.3) is 0 Å². The van der Waals surface area contributed by atoms with Crippen molar-refractivity contribution in [2.75, 3.05) is 25.2 Å². The first-order valence-electron chi connectivity index (χ1n) is 8.09. The highest BCUT2D eigenvalue weighted by molar-refractivity contribution is 5.82. The fraction of sp³-hybridized carbons (Fsp3) is 0.333. The molecule has 3 heterocycles.